The third-order valence-electron chi connectivity index (χ3n) is 6.04. The van der Waals surface area contributed by atoms with Gasteiger partial charge in [-0.15, -0.1) is 0 Å². The molecule has 1 aliphatic heterocycles. The van der Waals surface area contributed by atoms with Crippen molar-refractivity contribution in [1.29, 1.82) is 0 Å². The van der Waals surface area contributed by atoms with Crippen LogP contribution >= 0.6 is 0 Å². The van der Waals surface area contributed by atoms with Crippen molar-refractivity contribution in [2.45, 2.75) is 45.1 Å². The van der Waals surface area contributed by atoms with Crippen molar-refractivity contribution in [3.05, 3.63) is 59.9 Å². The number of rotatable bonds is 4. The van der Waals surface area contributed by atoms with Crippen molar-refractivity contribution in [3.8, 4) is 0 Å². The summed E-state index contributed by atoms with van der Waals surface area (Å²) in [6, 6.07) is 12.1. The van der Waals surface area contributed by atoms with Crippen LogP contribution in [0, 0.1) is 11.8 Å². The third kappa shape index (κ3) is 4.08. The van der Waals surface area contributed by atoms with Crippen LogP contribution in [-0.2, 0) is 22.6 Å². The van der Waals surface area contributed by atoms with E-state index in [1.807, 2.05) is 29.2 Å². The summed E-state index contributed by atoms with van der Waals surface area (Å²) in [7, 11) is 0. The molecule has 2 amide bonds. The van der Waals surface area contributed by atoms with Crippen LogP contribution in [0.5, 0.6) is 0 Å². The largest absolute Gasteiger partial charge is 0.352 e. The van der Waals surface area contributed by atoms with Crippen LogP contribution in [0.1, 0.15) is 43.2 Å². The number of amides is 2. The van der Waals surface area contributed by atoms with E-state index in [0.29, 0.717) is 6.54 Å². The summed E-state index contributed by atoms with van der Waals surface area (Å²) >= 11 is 0. The smallest absolute Gasteiger partial charge is 0.230 e. The lowest BCUT2D eigenvalue weighted by Gasteiger charge is -2.34. The summed E-state index contributed by atoms with van der Waals surface area (Å²) < 4.78 is 0. The first kappa shape index (κ1) is 18.7. The van der Waals surface area contributed by atoms with Gasteiger partial charge in [0.25, 0.3) is 0 Å². The predicted octanol–water partition coefficient (Wildman–Crippen LogP) is 3.48. The standard InChI is InChI=1S/C23H27N3O2/c27-22(25-16-17-11-13-24-14-12-17)19-7-9-20(10-8-19)23(28)26-15-3-5-18-4-1-2-6-21(18)26/h1-2,4,6,11-14,19-20H,3,5,7-10,15-16H2,(H,25,27). The molecule has 1 aromatic carbocycles. The van der Waals surface area contributed by atoms with Crippen LogP contribution in [-0.4, -0.2) is 23.3 Å². The monoisotopic (exact) mass is 377 g/mol. The van der Waals surface area contributed by atoms with E-state index in [1.165, 1.54) is 5.56 Å². The number of aromatic nitrogens is 1. The Bertz CT molecular complexity index is 829. The van der Waals surface area contributed by atoms with Gasteiger partial charge in [0, 0.05) is 43.0 Å². The van der Waals surface area contributed by atoms with Crippen molar-refractivity contribution in [2.24, 2.45) is 11.8 Å². The molecule has 0 radical (unpaired) electrons. The number of nitrogens with one attached hydrogen (secondary N) is 1. The lowest BCUT2D eigenvalue weighted by atomic mass is 9.80. The predicted molar refractivity (Wildman–Crippen MR) is 109 cm³/mol. The van der Waals surface area contributed by atoms with E-state index < -0.39 is 0 Å². The van der Waals surface area contributed by atoms with Gasteiger partial charge in [-0.2, -0.15) is 0 Å². The molecule has 1 fully saturated rings. The van der Waals surface area contributed by atoms with Gasteiger partial charge < -0.3 is 10.2 Å². The molecule has 0 spiro atoms. The van der Waals surface area contributed by atoms with Crippen LogP contribution in [0.3, 0.4) is 0 Å². The fourth-order valence-electron chi connectivity index (χ4n) is 4.42. The summed E-state index contributed by atoms with van der Waals surface area (Å²) in [5, 5.41) is 3.03. The zero-order valence-electron chi connectivity index (χ0n) is 16.1. The zero-order valence-corrected chi connectivity index (χ0v) is 16.1. The van der Waals surface area contributed by atoms with E-state index in [-0.39, 0.29) is 23.7 Å². The maximum absolute atomic E-state index is 13.1. The molecular weight excluding hydrogens is 350 g/mol. The highest BCUT2D eigenvalue weighted by Gasteiger charge is 2.33. The number of hydrogen-bond acceptors (Lipinski definition) is 3. The third-order valence-corrected chi connectivity index (χ3v) is 6.04. The van der Waals surface area contributed by atoms with Crippen molar-refractivity contribution in [3.63, 3.8) is 0 Å². The summed E-state index contributed by atoms with van der Waals surface area (Å²) in [6.07, 6.45) is 8.70. The van der Waals surface area contributed by atoms with E-state index in [2.05, 4.69) is 22.4 Å². The zero-order chi connectivity index (χ0) is 19.3. The SMILES string of the molecule is O=C(NCc1ccncc1)C1CCC(C(=O)N2CCCc3ccccc32)CC1. The molecule has 1 aliphatic carbocycles. The molecule has 0 atom stereocenters. The average Bonchev–Trinajstić information content (AvgIpc) is 2.77. The number of hydrogen-bond donors (Lipinski definition) is 1. The minimum absolute atomic E-state index is 0.0135. The topological polar surface area (TPSA) is 62.3 Å². The van der Waals surface area contributed by atoms with E-state index in [1.54, 1.807) is 12.4 Å². The average molecular weight is 377 g/mol. The van der Waals surface area contributed by atoms with Crippen molar-refractivity contribution in [1.82, 2.24) is 10.3 Å². The Morgan fingerprint density at radius 1 is 1.00 bits per heavy atom. The van der Waals surface area contributed by atoms with Crippen LogP contribution < -0.4 is 10.2 Å². The van der Waals surface area contributed by atoms with Gasteiger partial charge in [-0.1, -0.05) is 18.2 Å². The molecule has 5 heteroatoms. The highest BCUT2D eigenvalue weighted by Crippen LogP contribution is 2.34. The fraction of sp³-hybridized carbons (Fsp3) is 0.435. The van der Waals surface area contributed by atoms with Crippen molar-refractivity contribution >= 4 is 17.5 Å². The van der Waals surface area contributed by atoms with Crippen LogP contribution in [0.2, 0.25) is 0 Å². The fourth-order valence-corrected chi connectivity index (χ4v) is 4.42. The maximum atomic E-state index is 13.1. The Hall–Kier alpha value is -2.69. The second kappa shape index (κ2) is 8.55. The van der Waals surface area contributed by atoms with E-state index >= 15 is 0 Å². The molecule has 28 heavy (non-hydrogen) atoms. The van der Waals surface area contributed by atoms with Gasteiger partial charge in [-0.05, 0) is 67.9 Å². The molecule has 5 nitrogen and oxygen atoms in total. The van der Waals surface area contributed by atoms with Gasteiger partial charge in [0.15, 0.2) is 0 Å². The van der Waals surface area contributed by atoms with Gasteiger partial charge in [-0.25, -0.2) is 0 Å². The number of para-hydroxylation sites is 1. The summed E-state index contributed by atoms with van der Waals surface area (Å²) in [5.41, 5.74) is 3.40. The number of anilines is 1. The second-order valence-corrected chi connectivity index (χ2v) is 7.84. The second-order valence-electron chi connectivity index (χ2n) is 7.84. The summed E-state index contributed by atoms with van der Waals surface area (Å²) in [5.74, 6) is 0.392. The normalized spacial score (nSPS) is 21.6. The number of fused-ring (bicyclic) bond motifs is 1. The molecule has 2 heterocycles. The van der Waals surface area contributed by atoms with Crippen LogP contribution in [0.25, 0.3) is 0 Å². The molecule has 2 aliphatic rings. The minimum atomic E-state index is 0.0135. The molecule has 1 N–H and O–H groups in total. The highest BCUT2D eigenvalue weighted by molar-refractivity contribution is 5.96. The Morgan fingerprint density at radius 3 is 2.50 bits per heavy atom. The van der Waals surface area contributed by atoms with E-state index in [9.17, 15) is 9.59 Å². The van der Waals surface area contributed by atoms with Gasteiger partial charge in [0.1, 0.15) is 0 Å². The number of nitrogens with zero attached hydrogens (tertiary/aromatic N) is 2. The van der Waals surface area contributed by atoms with Gasteiger partial charge in [-0.3, -0.25) is 14.6 Å². The Morgan fingerprint density at radius 2 is 1.71 bits per heavy atom. The van der Waals surface area contributed by atoms with Gasteiger partial charge >= 0.3 is 0 Å². The van der Waals surface area contributed by atoms with Crippen molar-refractivity contribution < 1.29 is 9.59 Å². The first-order valence-corrected chi connectivity index (χ1v) is 10.3. The highest BCUT2D eigenvalue weighted by atomic mass is 16.2. The molecule has 1 aromatic heterocycles. The summed E-state index contributed by atoms with van der Waals surface area (Å²) in [4.78, 5) is 31.6. The number of carbonyl (C=O) groups excluding carboxylic acids is 2. The Kier molecular flexibility index (Phi) is 5.70. The number of aryl methyl sites for hydroxylation is 1. The maximum Gasteiger partial charge on any atom is 0.230 e. The molecular formula is C23H27N3O2. The molecule has 4 rings (SSSR count). The van der Waals surface area contributed by atoms with E-state index in [0.717, 1.165) is 56.3 Å². The molecule has 0 unspecified atom stereocenters. The minimum Gasteiger partial charge on any atom is -0.352 e. The molecule has 2 aromatic rings. The number of benzene rings is 1. The van der Waals surface area contributed by atoms with Crippen LogP contribution in [0.4, 0.5) is 5.69 Å². The molecule has 146 valence electrons. The quantitative estimate of drug-likeness (QED) is 0.887. The first-order chi connectivity index (χ1) is 13.7. The van der Waals surface area contributed by atoms with Crippen LogP contribution in [0.15, 0.2) is 48.8 Å². The summed E-state index contributed by atoms with van der Waals surface area (Å²) in [6.45, 7) is 1.34. The number of pyridine rings is 1. The molecule has 0 bridgehead atoms. The van der Waals surface area contributed by atoms with Gasteiger partial charge in [0.2, 0.25) is 11.8 Å². The Labute approximate surface area is 166 Å². The lowest BCUT2D eigenvalue weighted by Crippen LogP contribution is -2.42. The lowest BCUT2D eigenvalue weighted by molar-refractivity contribution is -0.129. The van der Waals surface area contributed by atoms with Crippen molar-refractivity contribution in [2.75, 3.05) is 11.4 Å². The first-order valence-electron chi connectivity index (χ1n) is 10.3. The molecule has 0 saturated heterocycles. The van der Waals surface area contributed by atoms with Gasteiger partial charge in [0.05, 0.1) is 0 Å². The van der Waals surface area contributed by atoms with E-state index in [4.69, 9.17) is 0 Å². The molecule has 1 saturated carbocycles. The Balaban J connectivity index is 1.30. The number of carbonyl (C=O) groups is 2.